The maximum Gasteiger partial charge on any atom is 0.416 e. The van der Waals surface area contributed by atoms with Crippen LogP contribution in [0.25, 0.3) is 0 Å². The molecule has 0 radical (unpaired) electrons. The van der Waals surface area contributed by atoms with Gasteiger partial charge in [-0.2, -0.15) is 13.2 Å². The van der Waals surface area contributed by atoms with Gasteiger partial charge in [-0.05, 0) is 99.9 Å². The molecule has 2 aromatic rings. The summed E-state index contributed by atoms with van der Waals surface area (Å²) in [5.74, 6) is 0.585. The van der Waals surface area contributed by atoms with Gasteiger partial charge < -0.3 is 10.2 Å². The molecule has 2 aliphatic rings. The van der Waals surface area contributed by atoms with Crippen molar-refractivity contribution in [2.75, 3.05) is 25.0 Å². The number of rotatable bonds is 8. The molecule has 5 nitrogen and oxygen atoms in total. The molecule has 1 aliphatic carbocycles. The Balaban J connectivity index is 0.00000380. The molecule has 1 saturated carbocycles. The van der Waals surface area contributed by atoms with Crippen molar-refractivity contribution in [3.63, 3.8) is 0 Å². The molecule has 206 valence electrons. The van der Waals surface area contributed by atoms with E-state index in [-0.39, 0.29) is 29.4 Å². The maximum atomic E-state index is 12.9. The van der Waals surface area contributed by atoms with E-state index in [1.165, 1.54) is 24.3 Å². The van der Waals surface area contributed by atoms with Gasteiger partial charge in [0.15, 0.2) is 0 Å². The zero-order valence-corrected chi connectivity index (χ0v) is 22.9. The average Bonchev–Trinajstić information content (AvgIpc) is 2.84. The summed E-state index contributed by atoms with van der Waals surface area (Å²) in [6, 6.07) is 11.7. The Morgan fingerprint density at radius 2 is 1.57 bits per heavy atom. The minimum absolute atomic E-state index is 0. The highest BCUT2D eigenvalue weighted by Gasteiger charge is 2.31. The number of piperidine rings is 1. The molecule has 11 heteroatoms. The molecule has 0 bridgehead atoms. The zero-order chi connectivity index (χ0) is 25.8. The van der Waals surface area contributed by atoms with Crippen LogP contribution >= 0.6 is 24.0 Å². The van der Waals surface area contributed by atoms with E-state index in [2.05, 4.69) is 14.9 Å². The van der Waals surface area contributed by atoms with Crippen LogP contribution in [0.15, 0.2) is 53.4 Å². The van der Waals surface area contributed by atoms with Gasteiger partial charge in [-0.25, -0.2) is 13.1 Å². The van der Waals surface area contributed by atoms with E-state index in [1.54, 1.807) is 18.2 Å². The number of anilines is 1. The standard InChI is InChI=1S/C26H33ClF3N3O2S.ClH/c27-21-6-10-25(11-7-21)36(34,35)32-23-8-4-19(5-9-23)12-15-33-16-13-22(14-17-33)31-24-3-1-2-20(18-24)26(28,29)30;/h1-3,6-7,10-11,18-19,22-23,31-32H,4-5,8-9,12-17H2;1H/t19-,23-;. The summed E-state index contributed by atoms with van der Waals surface area (Å²) in [7, 11) is -3.54. The Hall–Kier alpha value is -1.52. The predicted octanol–water partition coefficient (Wildman–Crippen LogP) is 6.58. The molecule has 0 spiro atoms. The fourth-order valence-corrected chi connectivity index (χ4v) is 6.59. The van der Waals surface area contributed by atoms with Gasteiger partial charge in [-0.3, -0.25) is 0 Å². The Morgan fingerprint density at radius 1 is 0.919 bits per heavy atom. The van der Waals surface area contributed by atoms with E-state index in [0.717, 1.165) is 70.6 Å². The third kappa shape index (κ3) is 8.75. The fourth-order valence-electron chi connectivity index (χ4n) is 5.16. The molecular weight excluding hydrogens is 546 g/mol. The number of nitrogens with one attached hydrogen (secondary N) is 2. The first-order valence-corrected chi connectivity index (χ1v) is 14.4. The highest BCUT2D eigenvalue weighted by Crippen LogP contribution is 2.32. The molecular formula is C26H34Cl2F3N3O2S. The first kappa shape index (κ1) is 30.0. The molecule has 0 aromatic heterocycles. The summed E-state index contributed by atoms with van der Waals surface area (Å²) in [6.45, 7) is 2.85. The van der Waals surface area contributed by atoms with Crippen LogP contribution in [0.3, 0.4) is 0 Å². The summed E-state index contributed by atoms with van der Waals surface area (Å²) in [5, 5.41) is 3.77. The van der Waals surface area contributed by atoms with Crippen molar-refractivity contribution in [1.82, 2.24) is 9.62 Å². The highest BCUT2D eigenvalue weighted by molar-refractivity contribution is 7.89. The van der Waals surface area contributed by atoms with Crippen molar-refractivity contribution < 1.29 is 21.6 Å². The Morgan fingerprint density at radius 3 is 2.19 bits per heavy atom. The van der Waals surface area contributed by atoms with E-state index in [0.29, 0.717) is 16.6 Å². The third-order valence-electron chi connectivity index (χ3n) is 7.29. The van der Waals surface area contributed by atoms with E-state index in [9.17, 15) is 21.6 Å². The molecule has 1 aliphatic heterocycles. The minimum Gasteiger partial charge on any atom is -0.382 e. The molecule has 0 unspecified atom stereocenters. The normalized spacial score (nSPS) is 21.8. The van der Waals surface area contributed by atoms with Crippen LogP contribution in [0.5, 0.6) is 0 Å². The van der Waals surface area contributed by atoms with Crippen LogP contribution in [0.2, 0.25) is 5.02 Å². The van der Waals surface area contributed by atoms with Gasteiger partial charge in [0.1, 0.15) is 0 Å². The molecule has 2 N–H and O–H groups in total. The van der Waals surface area contributed by atoms with Gasteiger partial charge in [-0.15, -0.1) is 12.4 Å². The van der Waals surface area contributed by atoms with Crippen LogP contribution in [-0.4, -0.2) is 45.0 Å². The van der Waals surface area contributed by atoms with Crippen molar-refractivity contribution in [2.45, 2.75) is 68.1 Å². The zero-order valence-electron chi connectivity index (χ0n) is 20.5. The quantitative estimate of drug-likeness (QED) is 0.370. The molecule has 37 heavy (non-hydrogen) atoms. The number of hydrogen-bond acceptors (Lipinski definition) is 4. The number of halogens is 5. The van der Waals surface area contributed by atoms with Crippen molar-refractivity contribution >= 4 is 39.7 Å². The number of likely N-dealkylation sites (tertiary alicyclic amines) is 1. The molecule has 2 aromatic carbocycles. The van der Waals surface area contributed by atoms with Crippen LogP contribution < -0.4 is 10.0 Å². The topological polar surface area (TPSA) is 61.4 Å². The van der Waals surface area contributed by atoms with Gasteiger partial charge >= 0.3 is 6.18 Å². The molecule has 1 saturated heterocycles. The maximum absolute atomic E-state index is 12.9. The van der Waals surface area contributed by atoms with Crippen molar-refractivity contribution in [1.29, 1.82) is 0 Å². The SMILES string of the molecule is Cl.O=S(=O)(N[C@H]1CC[C@H](CCN2CCC(Nc3cccc(C(F)(F)F)c3)CC2)CC1)c1ccc(Cl)cc1. The van der Waals surface area contributed by atoms with Crippen LogP contribution in [0.4, 0.5) is 18.9 Å². The summed E-state index contributed by atoms with van der Waals surface area (Å²) in [5.41, 5.74) is -0.107. The Kier molecular flexibility index (Phi) is 10.6. The molecule has 0 atom stereocenters. The number of hydrogen-bond donors (Lipinski definition) is 2. The molecule has 4 rings (SSSR count). The average molecular weight is 581 g/mol. The van der Waals surface area contributed by atoms with Crippen molar-refractivity contribution in [3.05, 3.63) is 59.1 Å². The lowest BCUT2D eigenvalue weighted by Gasteiger charge is -2.35. The summed E-state index contributed by atoms with van der Waals surface area (Å²) in [4.78, 5) is 2.67. The first-order chi connectivity index (χ1) is 17.1. The lowest BCUT2D eigenvalue weighted by atomic mass is 9.84. The number of nitrogens with zero attached hydrogens (tertiary/aromatic N) is 1. The highest BCUT2D eigenvalue weighted by atomic mass is 35.5. The summed E-state index contributed by atoms with van der Waals surface area (Å²) in [6.07, 6.45) is 2.22. The molecule has 1 heterocycles. The summed E-state index contributed by atoms with van der Waals surface area (Å²) >= 11 is 5.86. The third-order valence-corrected chi connectivity index (χ3v) is 9.08. The smallest absolute Gasteiger partial charge is 0.382 e. The predicted molar refractivity (Wildman–Crippen MR) is 144 cm³/mol. The van der Waals surface area contributed by atoms with E-state index >= 15 is 0 Å². The minimum atomic E-state index is -4.33. The Bertz CT molecular complexity index is 1100. The van der Waals surface area contributed by atoms with Gasteiger partial charge in [0.25, 0.3) is 0 Å². The second-order valence-corrected chi connectivity index (χ2v) is 12.1. The van der Waals surface area contributed by atoms with Crippen LogP contribution in [0.1, 0.15) is 50.5 Å². The first-order valence-electron chi connectivity index (χ1n) is 12.5. The van der Waals surface area contributed by atoms with Gasteiger partial charge in [0.2, 0.25) is 10.0 Å². The second kappa shape index (κ2) is 13.0. The van der Waals surface area contributed by atoms with Gasteiger partial charge in [0, 0.05) is 35.9 Å². The molecule has 2 fully saturated rings. The fraction of sp³-hybridized carbons (Fsp3) is 0.538. The van der Waals surface area contributed by atoms with Crippen molar-refractivity contribution in [2.24, 2.45) is 5.92 Å². The number of sulfonamides is 1. The number of alkyl halides is 3. The largest absolute Gasteiger partial charge is 0.416 e. The lowest BCUT2D eigenvalue weighted by molar-refractivity contribution is -0.137. The monoisotopic (exact) mass is 579 g/mol. The number of benzene rings is 2. The summed E-state index contributed by atoms with van der Waals surface area (Å²) < 4.78 is 66.9. The van der Waals surface area contributed by atoms with E-state index < -0.39 is 21.8 Å². The van der Waals surface area contributed by atoms with Crippen LogP contribution in [0, 0.1) is 5.92 Å². The van der Waals surface area contributed by atoms with Gasteiger partial charge in [0.05, 0.1) is 10.5 Å². The Labute approximate surface area is 228 Å². The second-order valence-electron chi connectivity index (χ2n) is 9.92. The lowest BCUT2D eigenvalue weighted by Crippen LogP contribution is -2.41. The van der Waals surface area contributed by atoms with Crippen molar-refractivity contribution in [3.8, 4) is 0 Å². The molecule has 0 amide bonds. The van der Waals surface area contributed by atoms with Crippen LogP contribution in [-0.2, 0) is 16.2 Å². The van der Waals surface area contributed by atoms with Gasteiger partial charge in [-0.1, -0.05) is 17.7 Å². The van der Waals surface area contributed by atoms with E-state index in [4.69, 9.17) is 11.6 Å². The van der Waals surface area contributed by atoms with E-state index in [1.807, 2.05) is 0 Å².